The van der Waals surface area contributed by atoms with Gasteiger partial charge in [0.05, 0.1) is 11.2 Å². The minimum atomic E-state index is -0.0859. The molecule has 0 N–H and O–H groups in total. The Hall–Kier alpha value is -1.84. The topological polar surface area (TPSA) is 37.6 Å². The van der Waals surface area contributed by atoms with Gasteiger partial charge in [0.15, 0.2) is 0 Å². The largest absolute Gasteiger partial charge is 0.342 e. The predicted molar refractivity (Wildman–Crippen MR) is 71.9 cm³/mol. The van der Waals surface area contributed by atoms with Gasteiger partial charge in [-0.05, 0) is 12.1 Å². The number of fused-ring (bicyclic) bond motifs is 1. The molecule has 0 aliphatic rings. The van der Waals surface area contributed by atoms with E-state index in [4.69, 9.17) is 0 Å². The maximum absolute atomic E-state index is 12.1. The fourth-order valence-electron chi connectivity index (χ4n) is 1.94. The van der Waals surface area contributed by atoms with Crippen molar-refractivity contribution in [2.75, 3.05) is 14.1 Å². The summed E-state index contributed by atoms with van der Waals surface area (Å²) < 4.78 is 1.86. The molecule has 4 heteroatoms. The Kier molecular flexibility index (Phi) is 2.89. The average molecular weight is 245 g/mol. The molecule has 0 saturated heterocycles. The number of carbonyl (C=O) groups excluding carboxylic acids is 1. The Balaban J connectivity index is 2.73. The smallest absolute Gasteiger partial charge is 0.289 e. The summed E-state index contributed by atoms with van der Waals surface area (Å²) in [5.74, 6) is 0.396. The minimum Gasteiger partial charge on any atom is -0.342 e. The summed E-state index contributed by atoms with van der Waals surface area (Å²) in [6.45, 7) is 6.31. The first-order valence-electron chi connectivity index (χ1n) is 6.01. The summed E-state index contributed by atoms with van der Waals surface area (Å²) in [5.41, 5.74) is 1.86. The van der Waals surface area contributed by atoms with Crippen molar-refractivity contribution >= 4 is 11.4 Å². The number of carbonyl (C=O) groups is 1. The van der Waals surface area contributed by atoms with Crippen molar-refractivity contribution in [2.24, 2.45) is 0 Å². The Bertz CT molecular complexity index is 591. The van der Waals surface area contributed by atoms with Gasteiger partial charge in [-0.1, -0.05) is 26.8 Å². The van der Waals surface area contributed by atoms with Crippen LogP contribution in [0.4, 0.5) is 0 Å². The molecule has 0 atom stereocenters. The van der Waals surface area contributed by atoms with E-state index < -0.39 is 0 Å². The molecule has 1 amide bonds. The number of hydrogen-bond donors (Lipinski definition) is 0. The number of aromatic nitrogens is 2. The van der Waals surface area contributed by atoms with Gasteiger partial charge in [0, 0.05) is 25.7 Å². The first-order valence-corrected chi connectivity index (χ1v) is 6.01. The van der Waals surface area contributed by atoms with Crippen LogP contribution in [0.3, 0.4) is 0 Å². The van der Waals surface area contributed by atoms with Gasteiger partial charge in [0.1, 0.15) is 0 Å². The van der Waals surface area contributed by atoms with E-state index >= 15 is 0 Å². The van der Waals surface area contributed by atoms with Crippen LogP contribution in [0.25, 0.3) is 5.52 Å². The lowest BCUT2D eigenvalue weighted by atomic mass is 9.91. The van der Waals surface area contributed by atoms with Crippen molar-refractivity contribution in [3.63, 3.8) is 0 Å². The van der Waals surface area contributed by atoms with Crippen LogP contribution in [0.15, 0.2) is 24.4 Å². The van der Waals surface area contributed by atoms with Crippen LogP contribution in [-0.2, 0) is 5.41 Å². The summed E-state index contributed by atoms with van der Waals surface area (Å²) in [4.78, 5) is 18.2. The second-order valence-electron chi connectivity index (χ2n) is 5.69. The Morgan fingerprint density at radius 3 is 2.50 bits per heavy atom. The molecule has 0 aliphatic heterocycles. The molecular weight excluding hydrogens is 226 g/mol. The number of nitrogens with zero attached hydrogens (tertiary/aromatic N) is 3. The van der Waals surface area contributed by atoms with Crippen LogP contribution >= 0.6 is 0 Å². The average Bonchev–Trinajstić information content (AvgIpc) is 2.66. The molecule has 4 nitrogen and oxygen atoms in total. The van der Waals surface area contributed by atoms with Gasteiger partial charge in [-0.25, -0.2) is 4.98 Å². The highest BCUT2D eigenvalue weighted by atomic mass is 16.2. The second-order valence-corrected chi connectivity index (χ2v) is 5.69. The molecule has 0 aromatic carbocycles. The van der Waals surface area contributed by atoms with Gasteiger partial charge < -0.3 is 4.90 Å². The summed E-state index contributed by atoms with van der Waals surface area (Å²) in [6.07, 6.45) is 1.88. The van der Waals surface area contributed by atoms with E-state index in [0.29, 0.717) is 5.82 Å². The molecule has 0 saturated carbocycles. The molecule has 2 aromatic heterocycles. The van der Waals surface area contributed by atoms with Crippen LogP contribution in [0.2, 0.25) is 0 Å². The van der Waals surface area contributed by atoms with Crippen LogP contribution in [0.5, 0.6) is 0 Å². The number of amides is 1. The monoisotopic (exact) mass is 245 g/mol. The number of rotatable bonds is 1. The van der Waals surface area contributed by atoms with Crippen molar-refractivity contribution in [3.05, 3.63) is 35.9 Å². The Morgan fingerprint density at radius 1 is 1.28 bits per heavy atom. The van der Waals surface area contributed by atoms with E-state index in [1.54, 1.807) is 19.0 Å². The summed E-state index contributed by atoms with van der Waals surface area (Å²) >= 11 is 0. The first kappa shape index (κ1) is 12.6. The molecule has 96 valence electrons. The summed E-state index contributed by atoms with van der Waals surface area (Å²) in [7, 11) is 3.48. The third-order valence-electron chi connectivity index (χ3n) is 2.86. The van der Waals surface area contributed by atoms with Crippen molar-refractivity contribution < 1.29 is 4.79 Å². The van der Waals surface area contributed by atoms with Gasteiger partial charge in [-0.15, -0.1) is 0 Å². The minimum absolute atomic E-state index is 0.0771. The zero-order valence-electron chi connectivity index (χ0n) is 11.6. The second kappa shape index (κ2) is 4.12. The van der Waals surface area contributed by atoms with Gasteiger partial charge in [-0.3, -0.25) is 9.20 Å². The molecule has 2 heterocycles. The third kappa shape index (κ3) is 1.98. The maximum Gasteiger partial charge on any atom is 0.289 e. The SMILES string of the molecule is CN(C)C(=O)c1nc(C(C)(C)C)c2ccccn12. The number of imidazole rings is 1. The van der Waals surface area contributed by atoms with Crippen LogP contribution in [0.1, 0.15) is 37.1 Å². The lowest BCUT2D eigenvalue weighted by molar-refractivity contribution is 0.0815. The van der Waals surface area contributed by atoms with Crippen LogP contribution in [-0.4, -0.2) is 34.3 Å². The molecule has 2 aromatic rings. The first-order chi connectivity index (χ1) is 8.32. The maximum atomic E-state index is 12.1. The van der Waals surface area contributed by atoms with Crippen molar-refractivity contribution in [1.29, 1.82) is 0 Å². The molecule has 2 rings (SSSR count). The fourth-order valence-corrected chi connectivity index (χ4v) is 1.94. The molecule has 0 radical (unpaired) electrons. The van der Waals surface area contributed by atoms with E-state index in [9.17, 15) is 4.79 Å². The van der Waals surface area contributed by atoms with Crippen molar-refractivity contribution in [2.45, 2.75) is 26.2 Å². The third-order valence-corrected chi connectivity index (χ3v) is 2.86. The van der Waals surface area contributed by atoms with Crippen LogP contribution in [0, 0.1) is 0 Å². The lowest BCUT2D eigenvalue weighted by Gasteiger charge is -2.15. The summed E-state index contributed by atoms with van der Waals surface area (Å²) in [5, 5.41) is 0. The predicted octanol–water partition coefficient (Wildman–Crippen LogP) is 2.33. The molecule has 0 aliphatic carbocycles. The van der Waals surface area contributed by atoms with Gasteiger partial charge in [-0.2, -0.15) is 0 Å². The number of pyridine rings is 1. The van der Waals surface area contributed by atoms with E-state index in [0.717, 1.165) is 11.2 Å². The Morgan fingerprint density at radius 2 is 1.94 bits per heavy atom. The molecule has 0 unspecified atom stereocenters. The standard InChI is InChI=1S/C14H19N3O/c1-14(2,3)11-10-8-6-7-9-17(10)12(15-11)13(18)16(4)5/h6-9H,1-5H3. The van der Waals surface area contributed by atoms with E-state index in [2.05, 4.69) is 25.8 Å². The fraction of sp³-hybridized carbons (Fsp3) is 0.429. The quantitative estimate of drug-likeness (QED) is 0.773. The van der Waals surface area contributed by atoms with E-state index in [1.807, 2.05) is 28.8 Å². The molecular formula is C14H19N3O. The summed E-state index contributed by atoms with van der Waals surface area (Å²) in [6, 6.07) is 5.88. The van der Waals surface area contributed by atoms with Crippen molar-refractivity contribution in [3.8, 4) is 0 Å². The van der Waals surface area contributed by atoms with Gasteiger partial charge in [0.25, 0.3) is 5.91 Å². The highest BCUT2D eigenvalue weighted by molar-refractivity contribution is 5.92. The van der Waals surface area contributed by atoms with E-state index in [1.165, 1.54) is 0 Å². The van der Waals surface area contributed by atoms with Gasteiger partial charge in [0.2, 0.25) is 5.82 Å². The van der Waals surface area contributed by atoms with E-state index in [-0.39, 0.29) is 11.3 Å². The highest BCUT2D eigenvalue weighted by Crippen LogP contribution is 2.26. The zero-order chi connectivity index (χ0) is 13.5. The molecule has 18 heavy (non-hydrogen) atoms. The highest BCUT2D eigenvalue weighted by Gasteiger charge is 2.25. The molecule has 0 fully saturated rings. The molecule has 0 bridgehead atoms. The molecule has 0 spiro atoms. The zero-order valence-corrected chi connectivity index (χ0v) is 11.6. The van der Waals surface area contributed by atoms with Crippen LogP contribution < -0.4 is 0 Å². The normalized spacial score (nSPS) is 11.8. The Labute approximate surface area is 107 Å². The van der Waals surface area contributed by atoms with Gasteiger partial charge >= 0.3 is 0 Å². The lowest BCUT2D eigenvalue weighted by Crippen LogP contribution is -2.24. The van der Waals surface area contributed by atoms with Crippen molar-refractivity contribution in [1.82, 2.24) is 14.3 Å². The number of hydrogen-bond acceptors (Lipinski definition) is 2.